The zero-order valence-electron chi connectivity index (χ0n) is 21.8. The molecule has 8 heteroatoms. The summed E-state index contributed by atoms with van der Waals surface area (Å²) in [5, 5.41) is 17.7. The fourth-order valence-electron chi connectivity index (χ4n) is 3.87. The minimum Gasteiger partial charge on any atom is -0.481 e. The topological polar surface area (TPSA) is 127 Å². The molecule has 0 radical (unpaired) electrons. The SMILES string of the molecule is C=CC(=O)OC(C)(C)C.CC(C)(C)OC(=O)CCC1(C(=O)O)CCCC1.O=C(O)C1CCCC1. The molecule has 2 N–H and O–H groups in total. The van der Waals surface area contributed by atoms with E-state index in [1.165, 1.54) is 0 Å². The van der Waals surface area contributed by atoms with Crippen LogP contribution in [0.3, 0.4) is 0 Å². The van der Waals surface area contributed by atoms with E-state index in [2.05, 4.69) is 6.58 Å². The Labute approximate surface area is 204 Å². The highest BCUT2D eigenvalue weighted by molar-refractivity contribution is 5.81. The van der Waals surface area contributed by atoms with Gasteiger partial charge in [-0.3, -0.25) is 14.4 Å². The van der Waals surface area contributed by atoms with E-state index in [1.54, 1.807) is 0 Å². The Bertz CT molecular complexity index is 685. The first-order valence-corrected chi connectivity index (χ1v) is 12.0. The van der Waals surface area contributed by atoms with Crippen molar-refractivity contribution in [1.29, 1.82) is 0 Å². The summed E-state index contributed by atoms with van der Waals surface area (Å²) in [6, 6.07) is 0. The van der Waals surface area contributed by atoms with Gasteiger partial charge in [0.2, 0.25) is 0 Å². The van der Waals surface area contributed by atoms with Crippen LogP contribution in [0, 0.1) is 11.3 Å². The molecule has 2 aliphatic carbocycles. The van der Waals surface area contributed by atoms with Crippen LogP contribution in [0.15, 0.2) is 12.7 Å². The standard InChI is InChI=1S/C13H22O4.C7H12O2.C6H10O2/c1-12(2,3)17-10(14)6-9-13(11(15)16)7-4-5-8-13;1-5-6(8)9-7(2,3)4;7-6(8)5-3-1-2-4-5/h4-9H2,1-3H3,(H,15,16);5H,1H2,2-4H3;5H,1-4H2,(H,7,8). The third-order valence-corrected chi connectivity index (χ3v) is 5.52. The Balaban J connectivity index is 0.000000537. The van der Waals surface area contributed by atoms with Crippen molar-refractivity contribution in [3.05, 3.63) is 12.7 Å². The second-order valence-corrected chi connectivity index (χ2v) is 10.9. The molecular weight excluding hydrogens is 440 g/mol. The van der Waals surface area contributed by atoms with Gasteiger partial charge in [0.05, 0.1) is 11.3 Å². The third kappa shape index (κ3) is 14.0. The average Bonchev–Trinajstić information content (AvgIpc) is 3.37. The molecule has 0 unspecified atom stereocenters. The normalized spacial score (nSPS) is 17.4. The molecule has 2 saturated carbocycles. The second kappa shape index (κ2) is 14.1. The number of carboxylic acid groups (broad SMARTS) is 2. The molecule has 0 saturated heterocycles. The molecule has 2 rings (SSSR count). The van der Waals surface area contributed by atoms with Crippen LogP contribution in [0.25, 0.3) is 0 Å². The van der Waals surface area contributed by atoms with Gasteiger partial charge in [-0.15, -0.1) is 0 Å². The fraction of sp³-hybridized carbons (Fsp3) is 0.769. The van der Waals surface area contributed by atoms with Crippen molar-refractivity contribution in [3.8, 4) is 0 Å². The predicted octanol–water partition coefficient (Wildman–Crippen LogP) is 5.53. The molecule has 2 aliphatic rings. The predicted molar refractivity (Wildman–Crippen MR) is 129 cm³/mol. The van der Waals surface area contributed by atoms with Crippen molar-refractivity contribution in [1.82, 2.24) is 0 Å². The number of carboxylic acids is 2. The summed E-state index contributed by atoms with van der Waals surface area (Å²) in [6.45, 7) is 14.2. The van der Waals surface area contributed by atoms with Crippen molar-refractivity contribution < 1.29 is 38.9 Å². The molecule has 34 heavy (non-hydrogen) atoms. The molecule has 0 aromatic heterocycles. The Hall–Kier alpha value is -2.38. The zero-order valence-corrected chi connectivity index (χ0v) is 21.8. The summed E-state index contributed by atoms with van der Waals surface area (Å²) < 4.78 is 10.0. The molecule has 0 spiro atoms. The summed E-state index contributed by atoms with van der Waals surface area (Å²) in [5.41, 5.74) is -1.58. The Morgan fingerprint density at radius 1 is 0.882 bits per heavy atom. The molecule has 0 aliphatic heterocycles. The molecule has 0 amide bonds. The van der Waals surface area contributed by atoms with Crippen LogP contribution < -0.4 is 0 Å². The second-order valence-electron chi connectivity index (χ2n) is 10.9. The van der Waals surface area contributed by atoms with Gasteiger partial charge in [0.15, 0.2) is 0 Å². The fourth-order valence-corrected chi connectivity index (χ4v) is 3.87. The lowest BCUT2D eigenvalue weighted by molar-refractivity contribution is -0.157. The van der Waals surface area contributed by atoms with Gasteiger partial charge in [0.25, 0.3) is 0 Å². The van der Waals surface area contributed by atoms with E-state index >= 15 is 0 Å². The van der Waals surface area contributed by atoms with Gasteiger partial charge in [0.1, 0.15) is 11.2 Å². The number of hydrogen-bond acceptors (Lipinski definition) is 6. The first-order chi connectivity index (χ1) is 15.5. The maximum Gasteiger partial charge on any atom is 0.330 e. The van der Waals surface area contributed by atoms with Gasteiger partial charge in [-0.2, -0.15) is 0 Å². The summed E-state index contributed by atoms with van der Waals surface area (Å²) in [6.07, 6.45) is 9.03. The van der Waals surface area contributed by atoms with Crippen molar-refractivity contribution in [3.63, 3.8) is 0 Å². The van der Waals surface area contributed by atoms with Crippen LogP contribution in [0.4, 0.5) is 0 Å². The first-order valence-electron chi connectivity index (χ1n) is 12.0. The maximum atomic E-state index is 11.6. The number of aliphatic carboxylic acids is 2. The number of carbonyl (C=O) groups excluding carboxylic acids is 2. The summed E-state index contributed by atoms with van der Waals surface area (Å²) in [5.74, 6) is -2.07. The van der Waals surface area contributed by atoms with E-state index in [0.29, 0.717) is 19.3 Å². The lowest BCUT2D eigenvalue weighted by Gasteiger charge is -2.24. The van der Waals surface area contributed by atoms with E-state index in [9.17, 15) is 24.3 Å². The molecule has 0 aromatic carbocycles. The molecule has 196 valence electrons. The molecule has 0 aromatic rings. The first kappa shape index (κ1) is 31.6. The highest BCUT2D eigenvalue weighted by Crippen LogP contribution is 2.42. The Morgan fingerprint density at radius 2 is 1.35 bits per heavy atom. The van der Waals surface area contributed by atoms with Crippen LogP contribution >= 0.6 is 0 Å². The average molecular weight is 485 g/mol. The van der Waals surface area contributed by atoms with Gasteiger partial charge in [0, 0.05) is 12.5 Å². The van der Waals surface area contributed by atoms with E-state index < -0.39 is 28.6 Å². The summed E-state index contributed by atoms with van der Waals surface area (Å²) in [4.78, 5) is 43.5. The van der Waals surface area contributed by atoms with Crippen molar-refractivity contribution in [2.45, 2.75) is 117 Å². The maximum absolute atomic E-state index is 11.6. The number of carbonyl (C=O) groups is 4. The number of esters is 2. The number of hydrogen-bond donors (Lipinski definition) is 2. The van der Waals surface area contributed by atoms with Crippen LogP contribution in [0.5, 0.6) is 0 Å². The minimum atomic E-state index is -0.765. The van der Waals surface area contributed by atoms with E-state index in [0.717, 1.165) is 44.6 Å². The van der Waals surface area contributed by atoms with Crippen LogP contribution in [0.2, 0.25) is 0 Å². The van der Waals surface area contributed by atoms with E-state index in [4.69, 9.17) is 14.6 Å². The van der Waals surface area contributed by atoms with Crippen molar-refractivity contribution >= 4 is 23.9 Å². The third-order valence-electron chi connectivity index (χ3n) is 5.52. The van der Waals surface area contributed by atoms with Crippen LogP contribution in [0.1, 0.15) is 106 Å². The number of rotatable bonds is 6. The van der Waals surface area contributed by atoms with Crippen LogP contribution in [-0.4, -0.2) is 45.3 Å². The smallest absolute Gasteiger partial charge is 0.330 e. The highest BCUT2D eigenvalue weighted by Gasteiger charge is 2.41. The van der Waals surface area contributed by atoms with Gasteiger partial charge < -0.3 is 19.7 Å². The lowest BCUT2D eigenvalue weighted by atomic mass is 9.81. The van der Waals surface area contributed by atoms with Crippen LogP contribution in [-0.2, 0) is 28.7 Å². The number of ether oxygens (including phenoxy) is 2. The molecule has 2 fully saturated rings. The lowest BCUT2D eigenvalue weighted by Crippen LogP contribution is -2.30. The van der Waals surface area contributed by atoms with Crippen molar-refractivity contribution in [2.75, 3.05) is 0 Å². The highest BCUT2D eigenvalue weighted by atomic mass is 16.6. The monoisotopic (exact) mass is 484 g/mol. The molecular formula is C26H44O8. The largest absolute Gasteiger partial charge is 0.481 e. The summed E-state index contributed by atoms with van der Waals surface area (Å²) >= 11 is 0. The van der Waals surface area contributed by atoms with Gasteiger partial charge in [-0.05, 0) is 73.6 Å². The zero-order chi connectivity index (χ0) is 26.6. The van der Waals surface area contributed by atoms with E-state index in [-0.39, 0.29) is 24.3 Å². The Kier molecular flexibility index (Phi) is 13.1. The van der Waals surface area contributed by atoms with Gasteiger partial charge >= 0.3 is 23.9 Å². The van der Waals surface area contributed by atoms with E-state index in [1.807, 2.05) is 41.5 Å². The molecule has 0 heterocycles. The molecule has 0 bridgehead atoms. The minimum absolute atomic E-state index is 0.0185. The quantitative estimate of drug-likeness (QED) is 0.372. The Morgan fingerprint density at radius 3 is 1.65 bits per heavy atom. The van der Waals surface area contributed by atoms with Crippen molar-refractivity contribution in [2.24, 2.45) is 11.3 Å². The summed E-state index contributed by atoms with van der Waals surface area (Å²) in [7, 11) is 0. The van der Waals surface area contributed by atoms with Gasteiger partial charge in [-0.1, -0.05) is 32.3 Å². The molecule has 8 nitrogen and oxygen atoms in total. The van der Waals surface area contributed by atoms with Gasteiger partial charge in [-0.25, -0.2) is 4.79 Å². The molecule has 0 atom stereocenters.